The van der Waals surface area contributed by atoms with Gasteiger partial charge in [-0.15, -0.1) is 0 Å². The summed E-state index contributed by atoms with van der Waals surface area (Å²) >= 11 is 6.36. The number of carbonyl (C=O) groups excluding carboxylic acids is 1. The molecule has 1 fully saturated rings. The Balaban J connectivity index is 1.71. The Labute approximate surface area is 140 Å². The molecular weight excluding hydrogens is 314 g/mol. The summed E-state index contributed by atoms with van der Waals surface area (Å²) < 4.78 is 0. The lowest BCUT2D eigenvalue weighted by atomic mass is 10.1. The van der Waals surface area contributed by atoms with Crippen molar-refractivity contribution in [3.8, 4) is 0 Å². The highest BCUT2D eigenvalue weighted by Crippen LogP contribution is 2.29. The van der Waals surface area contributed by atoms with E-state index >= 15 is 0 Å². The Morgan fingerprint density at radius 2 is 2.13 bits per heavy atom. The van der Waals surface area contributed by atoms with Crippen LogP contribution in [0.2, 0.25) is 5.02 Å². The molecule has 0 radical (unpaired) electrons. The van der Waals surface area contributed by atoms with Crippen molar-refractivity contribution >= 4 is 23.2 Å². The van der Waals surface area contributed by atoms with Gasteiger partial charge in [0.05, 0.1) is 16.8 Å². The summed E-state index contributed by atoms with van der Waals surface area (Å²) in [6.45, 7) is 5.71. The van der Waals surface area contributed by atoms with Gasteiger partial charge in [0.2, 0.25) is 0 Å². The third-order valence-electron chi connectivity index (χ3n) is 4.01. The molecule has 0 aliphatic carbocycles. The molecule has 6 nitrogen and oxygen atoms in total. The molecule has 23 heavy (non-hydrogen) atoms. The van der Waals surface area contributed by atoms with Crippen LogP contribution in [0.5, 0.6) is 0 Å². The fraction of sp³-hybridized carbons (Fsp3) is 0.438. The van der Waals surface area contributed by atoms with Gasteiger partial charge in [0, 0.05) is 18.7 Å². The molecule has 1 atom stereocenters. The largest absolute Gasteiger partial charge is 0.370 e. The second-order valence-corrected chi connectivity index (χ2v) is 6.24. The summed E-state index contributed by atoms with van der Waals surface area (Å²) in [7, 11) is 0. The van der Waals surface area contributed by atoms with Crippen molar-refractivity contribution in [3.63, 3.8) is 0 Å². The normalized spacial score (nSPS) is 15.7. The minimum atomic E-state index is -0.274. The minimum Gasteiger partial charge on any atom is -0.370 e. The van der Waals surface area contributed by atoms with Gasteiger partial charge in [-0.3, -0.25) is 9.89 Å². The highest BCUT2D eigenvalue weighted by Gasteiger charge is 2.18. The molecule has 1 amide bonds. The average molecular weight is 334 g/mol. The highest BCUT2D eigenvalue weighted by molar-refractivity contribution is 6.33. The van der Waals surface area contributed by atoms with Crippen molar-refractivity contribution in [1.29, 1.82) is 0 Å². The number of nitrogens with one attached hydrogen (secondary N) is 2. The van der Waals surface area contributed by atoms with E-state index in [1.54, 1.807) is 6.07 Å². The Morgan fingerprint density at radius 3 is 2.74 bits per heavy atom. The van der Waals surface area contributed by atoms with Gasteiger partial charge in [0.15, 0.2) is 5.82 Å². The summed E-state index contributed by atoms with van der Waals surface area (Å²) in [5, 5.41) is 10.3. The first-order valence-electron chi connectivity index (χ1n) is 7.79. The number of H-pyrrole nitrogens is 1. The molecule has 7 heteroatoms. The summed E-state index contributed by atoms with van der Waals surface area (Å²) in [5.41, 5.74) is 1.54. The number of aromatic amines is 1. The van der Waals surface area contributed by atoms with Gasteiger partial charge >= 0.3 is 0 Å². The fourth-order valence-electron chi connectivity index (χ4n) is 2.76. The highest BCUT2D eigenvalue weighted by atomic mass is 35.5. The van der Waals surface area contributed by atoms with E-state index in [1.165, 1.54) is 12.8 Å². The number of carbonyl (C=O) groups is 1. The molecule has 2 N–H and O–H groups in total. The smallest absolute Gasteiger partial charge is 0.251 e. The fourth-order valence-corrected chi connectivity index (χ4v) is 3.06. The van der Waals surface area contributed by atoms with Crippen LogP contribution in [-0.4, -0.2) is 34.2 Å². The molecule has 0 saturated carbocycles. The molecule has 122 valence electrons. The molecule has 1 saturated heterocycles. The van der Waals surface area contributed by atoms with Crippen molar-refractivity contribution in [2.24, 2.45) is 0 Å². The molecule has 0 spiro atoms. The zero-order chi connectivity index (χ0) is 16.4. The number of amides is 1. The van der Waals surface area contributed by atoms with Crippen LogP contribution in [0.1, 0.15) is 47.8 Å². The third-order valence-corrected chi connectivity index (χ3v) is 4.31. The van der Waals surface area contributed by atoms with E-state index in [0.29, 0.717) is 16.4 Å². The molecule has 1 unspecified atom stereocenters. The second-order valence-electron chi connectivity index (χ2n) is 5.83. The molecule has 2 heterocycles. The van der Waals surface area contributed by atoms with Crippen LogP contribution >= 0.6 is 11.6 Å². The Bertz CT molecular complexity index is 708. The second kappa shape index (κ2) is 6.58. The Kier molecular flexibility index (Phi) is 4.52. The molecule has 2 aromatic rings. The van der Waals surface area contributed by atoms with Gasteiger partial charge in [0.1, 0.15) is 5.82 Å². The lowest BCUT2D eigenvalue weighted by Crippen LogP contribution is -2.27. The first kappa shape index (κ1) is 15.8. The van der Waals surface area contributed by atoms with Crippen molar-refractivity contribution in [2.75, 3.05) is 18.0 Å². The number of aromatic nitrogens is 3. The average Bonchev–Trinajstić information content (AvgIpc) is 3.18. The molecule has 1 aromatic heterocycles. The number of benzene rings is 1. The van der Waals surface area contributed by atoms with Crippen molar-refractivity contribution in [1.82, 2.24) is 20.5 Å². The van der Waals surface area contributed by atoms with Crippen LogP contribution in [0.3, 0.4) is 0 Å². The van der Waals surface area contributed by atoms with E-state index in [4.69, 9.17) is 11.6 Å². The molecule has 0 bridgehead atoms. The van der Waals surface area contributed by atoms with Gasteiger partial charge in [-0.25, -0.2) is 4.98 Å². The number of hydrogen-bond acceptors (Lipinski definition) is 4. The van der Waals surface area contributed by atoms with Crippen molar-refractivity contribution < 1.29 is 4.79 Å². The molecule has 3 rings (SSSR count). The van der Waals surface area contributed by atoms with Crippen LogP contribution in [0, 0.1) is 6.92 Å². The maximum absolute atomic E-state index is 12.4. The number of rotatable bonds is 4. The zero-order valence-corrected chi connectivity index (χ0v) is 14.0. The summed E-state index contributed by atoms with van der Waals surface area (Å²) in [4.78, 5) is 18.9. The van der Waals surface area contributed by atoms with Crippen molar-refractivity contribution in [2.45, 2.75) is 32.7 Å². The first-order valence-corrected chi connectivity index (χ1v) is 8.16. The van der Waals surface area contributed by atoms with Gasteiger partial charge in [-0.05, 0) is 44.9 Å². The standard InChI is InChI=1S/C16H20ClN5O/c1-10(15-19-11(2)20-21-15)18-16(23)12-5-6-14(13(17)9-12)22-7-3-4-8-22/h5-6,9-10H,3-4,7-8H2,1-2H3,(H,18,23)(H,19,20,21). The minimum absolute atomic E-state index is 0.185. The third kappa shape index (κ3) is 3.47. The monoisotopic (exact) mass is 333 g/mol. The molecule has 1 aromatic carbocycles. The van der Waals surface area contributed by atoms with E-state index in [1.807, 2.05) is 26.0 Å². The number of hydrogen-bond donors (Lipinski definition) is 2. The van der Waals surface area contributed by atoms with Crippen LogP contribution < -0.4 is 10.2 Å². The van der Waals surface area contributed by atoms with Crippen LogP contribution in [0.4, 0.5) is 5.69 Å². The van der Waals surface area contributed by atoms with Gasteiger partial charge in [0.25, 0.3) is 5.91 Å². The van der Waals surface area contributed by atoms with Gasteiger partial charge in [-0.1, -0.05) is 11.6 Å². The van der Waals surface area contributed by atoms with Crippen LogP contribution in [-0.2, 0) is 0 Å². The lowest BCUT2D eigenvalue weighted by molar-refractivity contribution is 0.0938. The number of aryl methyl sites for hydroxylation is 1. The van der Waals surface area contributed by atoms with Gasteiger partial charge in [-0.2, -0.15) is 5.10 Å². The Hall–Kier alpha value is -2.08. The summed E-state index contributed by atoms with van der Waals surface area (Å²) in [5.74, 6) is 1.10. The molecule has 1 aliphatic heterocycles. The SMILES string of the molecule is Cc1nc(C(C)NC(=O)c2ccc(N3CCCC3)c(Cl)c2)n[nH]1. The number of halogens is 1. The van der Waals surface area contributed by atoms with Crippen LogP contribution in [0.15, 0.2) is 18.2 Å². The van der Waals surface area contributed by atoms with Crippen molar-refractivity contribution in [3.05, 3.63) is 40.4 Å². The summed E-state index contributed by atoms with van der Waals surface area (Å²) in [6.07, 6.45) is 2.37. The quantitative estimate of drug-likeness (QED) is 0.902. The van der Waals surface area contributed by atoms with E-state index in [2.05, 4.69) is 25.4 Å². The van der Waals surface area contributed by atoms with Gasteiger partial charge < -0.3 is 10.2 Å². The van der Waals surface area contributed by atoms with E-state index in [-0.39, 0.29) is 11.9 Å². The maximum Gasteiger partial charge on any atom is 0.251 e. The van der Waals surface area contributed by atoms with E-state index < -0.39 is 0 Å². The summed E-state index contributed by atoms with van der Waals surface area (Å²) in [6, 6.07) is 5.18. The molecule has 1 aliphatic rings. The zero-order valence-electron chi connectivity index (χ0n) is 13.3. The Morgan fingerprint density at radius 1 is 1.39 bits per heavy atom. The first-order chi connectivity index (χ1) is 11.0. The van der Waals surface area contributed by atoms with E-state index in [9.17, 15) is 4.79 Å². The maximum atomic E-state index is 12.4. The number of anilines is 1. The van der Waals surface area contributed by atoms with E-state index in [0.717, 1.165) is 24.6 Å². The predicted octanol–water partition coefficient (Wildman–Crippen LogP) is 2.86. The lowest BCUT2D eigenvalue weighted by Gasteiger charge is -2.19. The van der Waals surface area contributed by atoms with Crippen LogP contribution in [0.25, 0.3) is 0 Å². The predicted molar refractivity (Wildman–Crippen MR) is 89.9 cm³/mol. The molecular formula is C16H20ClN5O. The topological polar surface area (TPSA) is 73.9 Å². The number of nitrogens with zero attached hydrogens (tertiary/aromatic N) is 3.